The minimum Gasteiger partial charge on any atom is -0.507 e. The molecule has 1 atom stereocenters. The number of ether oxygens (including phenoxy) is 1. The Kier molecular flexibility index (Phi) is 5.95. The number of aromatic nitrogens is 2. The lowest BCUT2D eigenvalue weighted by Gasteiger charge is -2.35. The van der Waals surface area contributed by atoms with Crippen molar-refractivity contribution in [3.8, 4) is 17.0 Å². The summed E-state index contributed by atoms with van der Waals surface area (Å²) >= 11 is 6.33. The lowest BCUT2D eigenvalue weighted by molar-refractivity contribution is 0.0601. The van der Waals surface area contributed by atoms with Crippen LogP contribution in [-0.2, 0) is 4.74 Å². The molecule has 1 aliphatic rings. The average Bonchev–Trinajstić information content (AvgIpc) is 2.79. The number of carbonyl (C=O) groups excluding carboxylic acids is 1. The summed E-state index contributed by atoms with van der Waals surface area (Å²) in [6, 6.07) is 14.3. The van der Waals surface area contributed by atoms with Gasteiger partial charge in [-0.1, -0.05) is 29.8 Å². The van der Waals surface area contributed by atoms with Gasteiger partial charge in [0.1, 0.15) is 5.75 Å². The van der Waals surface area contributed by atoms with E-state index in [9.17, 15) is 9.90 Å². The highest BCUT2D eigenvalue weighted by molar-refractivity contribution is 6.33. The van der Waals surface area contributed by atoms with E-state index in [4.69, 9.17) is 22.1 Å². The van der Waals surface area contributed by atoms with Gasteiger partial charge >= 0.3 is 5.97 Å². The Morgan fingerprint density at radius 1 is 1.23 bits per heavy atom. The molecule has 160 valence electrons. The van der Waals surface area contributed by atoms with E-state index in [0.717, 1.165) is 37.2 Å². The Balaban J connectivity index is 1.61. The van der Waals surface area contributed by atoms with Crippen molar-refractivity contribution in [1.82, 2.24) is 10.2 Å². The van der Waals surface area contributed by atoms with Crippen molar-refractivity contribution in [2.45, 2.75) is 18.8 Å². The monoisotopic (exact) mass is 438 g/mol. The second-order valence-electron chi connectivity index (χ2n) is 7.53. The van der Waals surface area contributed by atoms with E-state index < -0.39 is 5.97 Å². The summed E-state index contributed by atoms with van der Waals surface area (Å²) in [6.07, 6.45) is 1.96. The molecule has 31 heavy (non-hydrogen) atoms. The molecule has 4 rings (SSSR count). The van der Waals surface area contributed by atoms with Gasteiger partial charge in [0.05, 0.1) is 29.1 Å². The molecule has 0 saturated carbocycles. The van der Waals surface area contributed by atoms with E-state index in [1.807, 2.05) is 24.3 Å². The number of rotatable bonds is 4. The summed E-state index contributed by atoms with van der Waals surface area (Å²) in [4.78, 5) is 14.0. The van der Waals surface area contributed by atoms with Crippen molar-refractivity contribution in [3.05, 3.63) is 64.7 Å². The number of piperidine rings is 1. The van der Waals surface area contributed by atoms with Crippen LogP contribution in [0, 0.1) is 0 Å². The Morgan fingerprint density at radius 3 is 2.77 bits per heavy atom. The first-order valence-electron chi connectivity index (χ1n) is 10.0. The van der Waals surface area contributed by atoms with E-state index in [-0.39, 0.29) is 11.7 Å². The van der Waals surface area contributed by atoms with E-state index >= 15 is 0 Å². The molecule has 0 bridgehead atoms. The summed E-state index contributed by atoms with van der Waals surface area (Å²) in [5, 5.41) is 18.8. The second kappa shape index (κ2) is 8.81. The second-order valence-corrected chi connectivity index (χ2v) is 7.94. The number of benzene rings is 2. The maximum absolute atomic E-state index is 11.8. The number of nitrogen functional groups attached to an aromatic ring is 1. The molecule has 0 aliphatic carbocycles. The van der Waals surface area contributed by atoms with Crippen LogP contribution in [0.15, 0.2) is 48.5 Å². The fraction of sp³-hybridized carbons (Fsp3) is 0.261. The topological polar surface area (TPSA) is 102 Å². The Morgan fingerprint density at radius 2 is 2.03 bits per heavy atom. The van der Waals surface area contributed by atoms with Gasteiger partial charge in [-0.25, -0.2) is 4.79 Å². The molecule has 0 unspecified atom stereocenters. The minimum absolute atomic E-state index is 0.143. The molecule has 0 radical (unpaired) electrons. The number of phenolic OH excluding ortho intramolecular Hbond substituents is 1. The van der Waals surface area contributed by atoms with Gasteiger partial charge in [0.25, 0.3) is 0 Å². The van der Waals surface area contributed by atoms with Crippen LogP contribution < -0.4 is 10.6 Å². The highest BCUT2D eigenvalue weighted by Crippen LogP contribution is 2.36. The number of anilines is 2. The first-order valence-corrected chi connectivity index (χ1v) is 10.4. The number of halogens is 1. The Hall–Kier alpha value is -3.32. The predicted octanol–water partition coefficient (Wildman–Crippen LogP) is 4.26. The largest absolute Gasteiger partial charge is 0.507 e. The van der Waals surface area contributed by atoms with Crippen LogP contribution in [-0.4, -0.2) is 41.5 Å². The number of para-hydroxylation sites is 1. The SMILES string of the molecule is COC(=O)c1ccc([C@H]2CCCN(c3cc(-c4ccccc4O)nnc3N)C2)cc1Cl. The maximum atomic E-state index is 11.8. The lowest BCUT2D eigenvalue weighted by atomic mass is 9.89. The third kappa shape index (κ3) is 4.27. The van der Waals surface area contributed by atoms with Crippen molar-refractivity contribution in [1.29, 1.82) is 0 Å². The van der Waals surface area contributed by atoms with Gasteiger partial charge in [0, 0.05) is 24.6 Å². The molecule has 2 heterocycles. The van der Waals surface area contributed by atoms with E-state index in [2.05, 4.69) is 15.1 Å². The maximum Gasteiger partial charge on any atom is 0.339 e. The van der Waals surface area contributed by atoms with E-state index in [0.29, 0.717) is 27.7 Å². The number of aromatic hydroxyl groups is 1. The van der Waals surface area contributed by atoms with Gasteiger partial charge < -0.3 is 20.5 Å². The zero-order valence-corrected chi connectivity index (χ0v) is 17.8. The highest BCUT2D eigenvalue weighted by Gasteiger charge is 2.25. The van der Waals surface area contributed by atoms with Crippen LogP contribution in [0.3, 0.4) is 0 Å². The fourth-order valence-electron chi connectivity index (χ4n) is 4.00. The van der Waals surface area contributed by atoms with Crippen LogP contribution in [0.5, 0.6) is 5.75 Å². The summed E-state index contributed by atoms with van der Waals surface area (Å²) in [5.74, 6) is 0.261. The smallest absolute Gasteiger partial charge is 0.339 e. The highest BCUT2D eigenvalue weighted by atomic mass is 35.5. The molecule has 8 heteroatoms. The molecule has 2 aromatic carbocycles. The number of hydrogen-bond acceptors (Lipinski definition) is 7. The molecule has 1 fully saturated rings. The Labute approximate surface area is 185 Å². The van der Waals surface area contributed by atoms with Crippen molar-refractivity contribution >= 4 is 29.1 Å². The summed E-state index contributed by atoms with van der Waals surface area (Å²) in [7, 11) is 1.34. The van der Waals surface area contributed by atoms with Crippen molar-refractivity contribution in [3.63, 3.8) is 0 Å². The third-order valence-electron chi connectivity index (χ3n) is 5.61. The first-order chi connectivity index (χ1) is 15.0. The zero-order valence-electron chi connectivity index (χ0n) is 17.1. The summed E-state index contributed by atoms with van der Waals surface area (Å²) in [6.45, 7) is 1.56. The summed E-state index contributed by atoms with van der Waals surface area (Å²) < 4.78 is 4.77. The number of hydrogen-bond donors (Lipinski definition) is 2. The van der Waals surface area contributed by atoms with Gasteiger partial charge in [0.2, 0.25) is 0 Å². The molecule has 1 aliphatic heterocycles. The van der Waals surface area contributed by atoms with Crippen LogP contribution in [0.2, 0.25) is 5.02 Å². The van der Waals surface area contributed by atoms with Crippen molar-refractivity contribution in [2.75, 3.05) is 30.8 Å². The molecule has 0 spiro atoms. The van der Waals surface area contributed by atoms with Crippen molar-refractivity contribution in [2.24, 2.45) is 0 Å². The van der Waals surface area contributed by atoms with Gasteiger partial charge in [0.15, 0.2) is 5.82 Å². The number of nitrogens with two attached hydrogens (primary N) is 1. The molecular formula is C23H23ClN4O3. The van der Waals surface area contributed by atoms with Crippen LogP contribution in [0.4, 0.5) is 11.5 Å². The number of methoxy groups -OCH3 is 1. The normalized spacial score (nSPS) is 16.2. The third-order valence-corrected chi connectivity index (χ3v) is 5.93. The van der Waals surface area contributed by atoms with Gasteiger partial charge in [-0.05, 0) is 48.7 Å². The predicted molar refractivity (Wildman–Crippen MR) is 121 cm³/mol. The van der Waals surface area contributed by atoms with Crippen LogP contribution >= 0.6 is 11.6 Å². The lowest BCUT2D eigenvalue weighted by Crippen LogP contribution is -2.35. The quantitative estimate of drug-likeness (QED) is 0.587. The average molecular weight is 439 g/mol. The van der Waals surface area contributed by atoms with Crippen molar-refractivity contribution < 1.29 is 14.6 Å². The zero-order chi connectivity index (χ0) is 22.0. The first kappa shape index (κ1) is 20.9. The molecule has 3 aromatic rings. The fourth-order valence-corrected chi connectivity index (χ4v) is 4.26. The number of esters is 1. The number of carbonyl (C=O) groups is 1. The Bertz CT molecular complexity index is 1120. The molecule has 1 aromatic heterocycles. The molecule has 0 amide bonds. The molecule has 7 nitrogen and oxygen atoms in total. The minimum atomic E-state index is -0.450. The van der Waals surface area contributed by atoms with E-state index in [1.54, 1.807) is 24.3 Å². The molecule has 3 N–H and O–H groups in total. The number of phenols is 1. The van der Waals surface area contributed by atoms with Gasteiger partial charge in [-0.3, -0.25) is 0 Å². The van der Waals surface area contributed by atoms with Gasteiger partial charge in [-0.15, -0.1) is 10.2 Å². The molecular weight excluding hydrogens is 416 g/mol. The van der Waals surface area contributed by atoms with Crippen LogP contribution in [0.1, 0.15) is 34.7 Å². The standard InChI is InChI=1S/C23H23ClN4O3/c1-31-23(30)16-9-8-14(11-18(16)24)15-5-4-10-28(13-15)20-12-19(26-27-22(20)25)17-6-2-3-7-21(17)29/h2-3,6-9,11-12,15,29H,4-5,10,13H2,1H3,(H2,25,27)/t15-/m0/s1. The van der Waals surface area contributed by atoms with Crippen LogP contribution in [0.25, 0.3) is 11.3 Å². The summed E-state index contributed by atoms with van der Waals surface area (Å²) in [5.41, 5.74) is 9.54. The molecule has 1 saturated heterocycles. The van der Waals surface area contributed by atoms with Gasteiger partial charge in [-0.2, -0.15) is 0 Å². The van der Waals surface area contributed by atoms with E-state index in [1.165, 1.54) is 7.11 Å². The number of nitrogens with zero attached hydrogens (tertiary/aromatic N) is 3.